The topological polar surface area (TPSA) is 65.3 Å². The van der Waals surface area contributed by atoms with E-state index in [1.807, 2.05) is 49.4 Å². The summed E-state index contributed by atoms with van der Waals surface area (Å²) in [5.41, 5.74) is 1.13. The number of carbonyl (C=O) groups excluding carboxylic acids is 1. The lowest BCUT2D eigenvalue weighted by Crippen LogP contribution is -2.51. The van der Waals surface area contributed by atoms with Gasteiger partial charge in [-0.15, -0.1) is 0 Å². The van der Waals surface area contributed by atoms with Gasteiger partial charge in [0.25, 0.3) is 5.91 Å². The number of ether oxygens (including phenoxy) is 1. The zero-order valence-electron chi connectivity index (χ0n) is 17.9. The highest BCUT2D eigenvalue weighted by Crippen LogP contribution is 2.26. The Balaban J connectivity index is 1.76. The predicted octanol–water partition coefficient (Wildman–Crippen LogP) is 4.66. The largest absolute Gasteiger partial charge is 0.619 e. The summed E-state index contributed by atoms with van der Waals surface area (Å²) < 4.78 is 6.46. The van der Waals surface area contributed by atoms with Crippen molar-refractivity contribution < 1.29 is 14.3 Å². The van der Waals surface area contributed by atoms with Crippen molar-refractivity contribution in [2.75, 3.05) is 0 Å². The Kier molecular flexibility index (Phi) is 7.18. The summed E-state index contributed by atoms with van der Waals surface area (Å²) in [6.07, 6.45) is 3.41. The SMILES string of the molecule is CC(NC(=O)C(C)(C)Oc1ccc[n+]([O-])c1)C(Cc1ccc(Cl)cc1)c1ccccc1. The maximum atomic E-state index is 13.1. The Labute approximate surface area is 188 Å². The average Bonchev–Trinajstić information content (AvgIpc) is 2.73. The van der Waals surface area contributed by atoms with Crippen molar-refractivity contribution in [2.24, 2.45) is 0 Å². The molecule has 3 aromatic rings. The second kappa shape index (κ2) is 9.84. The first kappa shape index (κ1) is 22.6. The third-order valence-electron chi connectivity index (χ3n) is 5.23. The molecule has 0 spiro atoms. The van der Waals surface area contributed by atoms with Crippen molar-refractivity contribution in [1.29, 1.82) is 0 Å². The average molecular weight is 439 g/mol. The van der Waals surface area contributed by atoms with Crippen LogP contribution in [0.2, 0.25) is 5.02 Å². The van der Waals surface area contributed by atoms with Crippen LogP contribution in [0.5, 0.6) is 5.75 Å². The molecule has 162 valence electrons. The number of halogens is 1. The number of nitrogens with zero attached hydrogens (tertiary/aromatic N) is 1. The number of pyridine rings is 1. The highest BCUT2D eigenvalue weighted by atomic mass is 35.5. The number of benzene rings is 2. The van der Waals surface area contributed by atoms with E-state index >= 15 is 0 Å². The molecule has 1 aromatic heterocycles. The minimum atomic E-state index is -1.15. The van der Waals surface area contributed by atoms with Crippen LogP contribution in [0.15, 0.2) is 79.1 Å². The number of hydrogen-bond donors (Lipinski definition) is 1. The summed E-state index contributed by atoms with van der Waals surface area (Å²) in [6, 6.07) is 21.0. The molecule has 3 rings (SSSR count). The van der Waals surface area contributed by atoms with E-state index in [-0.39, 0.29) is 17.9 Å². The molecule has 1 N–H and O–H groups in total. The van der Waals surface area contributed by atoms with Gasteiger partial charge >= 0.3 is 0 Å². The van der Waals surface area contributed by atoms with Crippen molar-refractivity contribution in [3.05, 3.63) is 100 Å². The molecule has 0 aliphatic carbocycles. The third kappa shape index (κ3) is 6.22. The van der Waals surface area contributed by atoms with Gasteiger partial charge in [-0.1, -0.05) is 54.1 Å². The number of nitrogens with one attached hydrogen (secondary N) is 1. The molecule has 2 aromatic carbocycles. The van der Waals surface area contributed by atoms with Crippen LogP contribution in [0.25, 0.3) is 0 Å². The second-order valence-corrected chi connectivity index (χ2v) is 8.56. The molecule has 6 heteroatoms. The van der Waals surface area contributed by atoms with E-state index in [9.17, 15) is 10.0 Å². The Bertz CT molecular complexity index is 1010. The van der Waals surface area contributed by atoms with Crippen LogP contribution in [-0.4, -0.2) is 17.6 Å². The van der Waals surface area contributed by atoms with Gasteiger partial charge in [-0.3, -0.25) is 4.79 Å². The Morgan fingerprint density at radius 3 is 2.42 bits per heavy atom. The molecule has 1 heterocycles. The standard InChI is InChI=1S/C25H27ClN2O3/c1-18(27-24(29)25(2,3)31-22-10-7-15-28(30)17-22)23(20-8-5-4-6-9-20)16-19-11-13-21(26)14-12-19/h4-15,17-18,23H,16H2,1-3H3,(H,27,29). The Morgan fingerprint density at radius 1 is 1.10 bits per heavy atom. The third-order valence-corrected chi connectivity index (χ3v) is 5.48. The van der Waals surface area contributed by atoms with E-state index in [1.54, 1.807) is 26.0 Å². The normalized spacial score (nSPS) is 13.3. The number of carbonyl (C=O) groups is 1. The zero-order valence-corrected chi connectivity index (χ0v) is 18.7. The number of rotatable bonds is 8. The molecule has 2 atom stereocenters. The zero-order chi connectivity index (χ0) is 22.4. The van der Waals surface area contributed by atoms with Crippen LogP contribution >= 0.6 is 11.6 Å². The van der Waals surface area contributed by atoms with Crippen LogP contribution in [0.3, 0.4) is 0 Å². The first-order chi connectivity index (χ1) is 14.7. The number of aromatic nitrogens is 1. The van der Waals surface area contributed by atoms with Crippen LogP contribution < -0.4 is 14.8 Å². The van der Waals surface area contributed by atoms with Gasteiger partial charge in [0.1, 0.15) is 0 Å². The van der Waals surface area contributed by atoms with Crippen LogP contribution in [0.1, 0.15) is 37.8 Å². The summed E-state index contributed by atoms with van der Waals surface area (Å²) in [7, 11) is 0. The van der Waals surface area contributed by atoms with Gasteiger partial charge in [0.05, 0.1) is 0 Å². The van der Waals surface area contributed by atoms with Gasteiger partial charge in [-0.2, -0.15) is 4.73 Å². The van der Waals surface area contributed by atoms with E-state index in [0.29, 0.717) is 15.5 Å². The molecular formula is C25H27ClN2O3. The molecule has 0 bridgehead atoms. The lowest BCUT2D eigenvalue weighted by atomic mass is 9.86. The summed E-state index contributed by atoms with van der Waals surface area (Å²) in [6.45, 7) is 5.37. The summed E-state index contributed by atoms with van der Waals surface area (Å²) in [5.74, 6) is 0.145. The van der Waals surface area contributed by atoms with E-state index < -0.39 is 5.60 Å². The summed E-state index contributed by atoms with van der Waals surface area (Å²) in [4.78, 5) is 13.1. The molecule has 5 nitrogen and oxygen atoms in total. The smallest absolute Gasteiger partial charge is 0.263 e. The Morgan fingerprint density at radius 2 is 1.77 bits per heavy atom. The van der Waals surface area contributed by atoms with Crippen molar-refractivity contribution in [3.63, 3.8) is 0 Å². The van der Waals surface area contributed by atoms with Gasteiger partial charge in [-0.05, 0) is 56.5 Å². The minimum absolute atomic E-state index is 0.0580. The molecule has 0 aliphatic heterocycles. The van der Waals surface area contributed by atoms with E-state index in [2.05, 4.69) is 17.4 Å². The van der Waals surface area contributed by atoms with E-state index in [1.165, 1.54) is 12.4 Å². The monoisotopic (exact) mass is 438 g/mol. The maximum Gasteiger partial charge on any atom is 0.263 e. The second-order valence-electron chi connectivity index (χ2n) is 8.12. The molecule has 0 radical (unpaired) electrons. The highest BCUT2D eigenvalue weighted by Gasteiger charge is 2.33. The lowest BCUT2D eigenvalue weighted by molar-refractivity contribution is -0.605. The summed E-state index contributed by atoms with van der Waals surface area (Å²) >= 11 is 6.03. The van der Waals surface area contributed by atoms with Gasteiger partial charge in [-0.25, -0.2) is 0 Å². The minimum Gasteiger partial charge on any atom is -0.619 e. The van der Waals surface area contributed by atoms with E-state index in [0.717, 1.165) is 17.5 Å². The van der Waals surface area contributed by atoms with Crippen LogP contribution in [0.4, 0.5) is 0 Å². The van der Waals surface area contributed by atoms with Gasteiger partial charge in [0, 0.05) is 23.0 Å². The molecular weight excluding hydrogens is 412 g/mol. The van der Waals surface area contributed by atoms with Gasteiger partial charge in [0.2, 0.25) is 6.20 Å². The van der Waals surface area contributed by atoms with Crippen molar-refractivity contribution in [3.8, 4) is 5.75 Å². The number of amides is 1. The van der Waals surface area contributed by atoms with Gasteiger partial charge < -0.3 is 15.3 Å². The first-order valence-corrected chi connectivity index (χ1v) is 10.6. The first-order valence-electron chi connectivity index (χ1n) is 10.2. The Hall–Kier alpha value is -3.05. The molecule has 0 saturated carbocycles. The molecule has 0 fully saturated rings. The predicted molar refractivity (Wildman–Crippen MR) is 122 cm³/mol. The lowest BCUT2D eigenvalue weighted by Gasteiger charge is -2.30. The fraction of sp³-hybridized carbons (Fsp3) is 0.280. The molecule has 0 saturated heterocycles. The number of hydrogen-bond acceptors (Lipinski definition) is 3. The molecule has 0 aliphatic rings. The van der Waals surface area contributed by atoms with Crippen molar-refractivity contribution in [1.82, 2.24) is 5.32 Å². The molecule has 2 unspecified atom stereocenters. The summed E-state index contributed by atoms with van der Waals surface area (Å²) in [5, 5.41) is 15.3. The van der Waals surface area contributed by atoms with E-state index in [4.69, 9.17) is 16.3 Å². The quantitative estimate of drug-likeness (QED) is 0.411. The molecule has 1 amide bonds. The van der Waals surface area contributed by atoms with Crippen LogP contribution in [0, 0.1) is 5.21 Å². The van der Waals surface area contributed by atoms with Crippen LogP contribution in [-0.2, 0) is 11.2 Å². The van der Waals surface area contributed by atoms with Gasteiger partial charge in [0.15, 0.2) is 17.5 Å². The van der Waals surface area contributed by atoms with Crippen molar-refractivity contribution in [2.45, 2.75) is 44.8 Å². The fourth-order valence-electron chi connectivity index (χ4n) is 3.47. The van der Waals surface area contributed by atoms with Crippen molar-refractivity contribution >= 4 is 17.5 Å². The highest BCUT2D eigenvalue weighted by molar-refractivity contribution is 6.30. The fourth-order valence-corrected chi connectivity index (χ4v) is 3.60. The molecule has 31 heavy (non-hydrogen) atoms. The maximum absolute atomic E-state index is 13.1.